The van der Waals surface area contributed by atoms with Crippen LogP contribution < -0.4 is 0 Å². The van der Waals surface area contributed by atoms with Gasteiger partial charge >= 0.3 is 6.18 Å². The third kappa shape index (κ3) is 3.76. The molecule has 152 valence electrons. The van der Waals surface area contributed by atoms with Crippen LogP contribution in [0.2, 0.25) is 0 Å². The lowest BCUT2D eigenvalue weighted by Gasteiger charge is -2.32. The molecule has 0 bridgehead atoms. The van der Waals surface area contributed by atoms with Gasteiger partial charge in [-0.1, -0.05) is 6.07 Å². The van der Waals surface area contributed by atoms with E-state index in [1.807, 2.05) is 6.20 Å². The number of imidazole rings is 1. The van der Waals surface area contributed by atoms with Crippen molar-refractivity contribution in [2.75, 3.05) is 13.1 Å². The van der Waals surface area contributed by atoms with Gasteiger partial charge in [0.05, 0.1) is 35.0 Å². The molecule has 1 aromatic carbocycles. The van der Waals surface area contributed by atoms with Gasteiger partial charge in [-0.15, -0.1) is 0 Å². The minimum atomic E-state index is -4.44. The summed E-state index contributed by atoms with van der Waals surface area (Å²) < 4.78 is 42.4. The maximum Gasteiger partial charge on any atom is 0.416 e. The summed E-state index contributed by atoms with van der Waals surface area (Å²) in [5.74, 6) is -0.148. The monoisotopic (exact) mass is 403 g/mol. The second-order valence-electron chi connectivity index (χ2n) is 7.14. The van der Waals surface area contributed by atoms with Crippen molar-refractivity contribution in [3.8, 4) is 5.69 Å². The number of hydrogen-bond donors (Lipinski definition) is 0. The van der Waals surface area contributed by atoms with Crippen LogP contribution in [0.3, 0.4) is 0 Å². The van der Waals surface area contributed by atoms with Crippen LogP contribution in [0.25, 0.3) is 5.69 Å². The Hall–Kier alpha value is -3.10. The average molecular weight is 403 g/mol. The molecule has 0 aliphatic carbocycles. The zero-order valence-electron chi connectivity index (χ0n) is 15.8. The minimum Gasteiger partial charge on any atom is -0.338 e. The highest BCUT2D eigenvalue weighted by atomic mass is 19.4. The number of piperidine rings is 1. The largest absolute Gasteiger partial charge is 0.416 e. The quantitative estimate of drug-likeness (QED) is 0.667. The summed E-state index contributed by atoms with van der Waals surface area (Å²) in [5, 5.41) is 4.17. The molecular weight excluding hydrogens is 383 g/mol. The molecule has 0 radical (unpaired) electrons. The predicted molar refractivity (Wildman–Crippen MR) is 99.7 cm³/mol. The molecular formula is C20H20F3N5O. The third-order valence-corrected chi connectivity index (χ3v) is 5.36. The van der Waals surface area contributed by atoms with E-state index in [2.05, 4.69) is 14.6 Å². The van der Waals surface area contributed by atoms with E-state index < -0.39 is 11.7 Å². The summed E-state index contributed by atoms with van der Waals surface area (Å²) in [6, 6.07) is 5.24. The first-order valence-corrected chi connectivity index (χ1v) is 9.33. The van der Waals surface area contributed by atoms with E-state index in [0.717, 1.165) is 25.0 Å². The van der Waals surface area contributed by atoms with E-state index in [1.54, 1.807) is 30.4 Å². The molecule has 29 heavy (non-hydrogen) atoms. The molecule has 0 spiro atoms. The fourth-order valence-electron chi connectivity index (χ4n) is 3.72. The zero-order valence-corrected chi connectivity index (χ0v) is 15.8. The Kier molecular flexibility index (Phi) is 4.89. The van der Waals surface area contributed by atoms with E-state index in [9.17, 15) is 18.0 Å². The summed E-state index contributed by atoms with van der Waals surface area (Å²) in [6.07, 6.45) is 4.08. The Morgan fingerprint density at radius 2 is 1.97 bits per heavy atom. The second kappa shape index (κ2) is 7.38. The minimum absolute atomic E-state index is 0.148. The van der Waals surface area contributed by atoms with Crippen molar-refractivity contribution in [2.24, 2.45) is 0 Å². The summed E-state index contributed by atoms with van der Waals surface area (Å²) in [5.41, 5.74) is 0.448. The van der Waals surface area contributed by atoms with Crippen LogP contribution in [0.4, 0.5) is 13.2 Å². The van der Waals surface area contributed by atoms with E-state index in [1.165, 1.54) is 16.9 Å². The van der Waals surface area contributed by atoms with Gasteiger partial charge in [-0.25, -0.2) is 9.67 Å². The molecule has 3 heterocycles. The molecule has 0 atom stereocenters. The number of halogens is 3. The van der Waals surface area contributed by atoms with E-state index in [4.69, 9.17) is 0 Å². The first-order chi connectivity index (χ1) is 13.8. The number of benzene rings is 1. The maximum atomic E-state index is 13.0. The van der Waals surface area contributed by atoms with Crippen molar-refractivity contribution in [3.05, 3.63) is 66.0 Å². The van der Waals surface area contributed by atoms with Crippen LogP contribution in [0.5, 0.6) is 0 Å². The van der Waals surface area contributed by atoms with Crippen LogP contribution >= 0.6 is 0 Å². The van der Waals surface area contributed by atoms with Crippen LogP contribution in [0.15, 0.2) is 49.2 Å². The zero-order chi connectivity index (χ0) is 20.6. The first-order valence-electron chi connectivity index (χ1n) is 9.33. The Morgan fingerprint density at radius 1 is 1.21 bits per heavy atom. The van der Waals surface area contributed by atoms with E-state index in [-0.39, 0.29) is 11.6 Å². The lowest BCUT2D eigenvalue weighted by molar-refractivity contribution is -0.137. The molecule has 3 aromatic rings. The third-order valence-electron chi connectivity index (χ3n) is 5.36. The molecule has 0 saturated carbocycles. The Morgan fingerprint density at radius 3 is 2.62 bits per heavy atom. The normalized spacial score (nSPS) is 15.7. The number of carbonyl (C=O) groups excluding carboxylic acids is 1. The number of alkyl halides is 3. The Labute approximate surface area is 165 Å². The van der Waals surface area contributed by atoms with Crippen molar-refractivity contribution in [1.29, 1.82) is 0 Å². The van der Waals surface area contributed by atoms with Crippen molar-refractivity contribution in [2.45, 2.75) is 32.0 Å². The molecule has 0 N–H and O–H groups in total. The molecule has 1 saturated heterocycles. The predicted octanol–water partition coefficient (Wildman–Crippen LogP) is 3.87. The molecule has 4 rings (SSSR count). The van der Waals surface area contributed by atoms with Crippen molar-refractivity contribution >= 4 is 5.91 Å². The number of amides is 1. The average Bonchev–Trinajstić information content (AvgIpc) is 3.37. The van der Waals surface area contributed by atoms with Crippen molar-refractivity contribution < 1.29 is 18.0 Å². The van der Waals surface area contributed by atoms with E-state index >= 15 is 0 Å². The second-order valence-corrected chi connectivity index (χ2v) is 7.14. The van der Waals surface area contributed by atoms with Gasteiger partial charge in [-0.3, -0.25) is 4.79 Å². The number of aromatic nitrogens is 4. The Bertz CT molecular complexity index is 1000. The Balaban J connectivity index is 1.51. The van der Waals surface area contributed by atoms with Crippen LogP contribution in [-0.4, -0.2) is 43.2 Å². The van der Waals surface area contributed by atoms with Gasteiger partial charge in [-0.05, 0) is 38.0 Å². The fraction of sp³-hybridized carbons (Fsp3) is 0.350. The molecule has 6 nitrogen and oxygen atoms in total. The summed E-state index contributed by atoms with van der Waals surface area (Å²) >= 11 is 0. The maximum absolute atomic E-state index is 13.0. The van der Waals surface area contributed by atoms with Crippen LogP contribution in [0.1, 0.15) is 40.5 Å². The lowest BCUT2D eigenvalue weighted by atomic mass is 10.0. The standard InChI is InChI=1S/C20H20F3N5O/c1-14-18(12-25-28(14)17-4-2-3-15(11-17)20(21,22)23)19(29)26-8-5-16(6-9-26)27-10-7-24-13-27/h2-4,7,10-13,16H,5-6,8-9H2,1H3. The molecule has 1 fully saturated rings. The highest BCUT2D eigenvalue weighted by Gasteiger charge is 2.31. The number of rotatable bonds is 3. The SMILES string of the molecule is Cc1c(C(=O)N2CCC(n3ccnc3)CC2)cnn1-c1cccc(C(F)(F)F)c1. The molecule has 1 amide bonds. The van der Waals surface area contributed by atoms with Crippen molar-refractivity contribution in [3.63, 3.8) is 0 Å². The number of nitrogens with zero attached hydrogens (tertiary/aromatic N) is 5. The van der Waals surface area contributed by atoms with Gasteiger partial charge in [0.15, 0.2) is 0 Å². The van der Waals surface area contributed by atoms with Gasteiger partial charge in [-0.2, -0.15) is 18.3 Å². The topological polar surface area (TPSA) is 56.0 Å². The smallest absolute Gasteiger partial charge is 0.338 e. The van der Waals surface area contributed by atoms with Gasteiger partial charge in [0.25, 0.3) is 5.91 Å². The molecule has 9 heteroatoms. The summed E-state index contributed by atoms with van der Waals surface area (Å²) in [7, 11) is 0. The van der Waals surface area contributed by atoms with Crippen LogP contribution in [0, 0.1) is 6.92 Å². The highest BCUT2D eigenvalue weighted by molar-refractivity contribution is 5.95. The molecule has 0 unspecified atom stereocenters. The van der Waals surface area contributed by atoms with E-state index in [0.29, 0.717) is 30.4 Å². The molecule has 1 aliphatic heterocycles. The first kappa shape index (κ1) is 19.2. The number of likely N-dealkylation sites (tertiary alicyclic amines) is 1. The van der Waals surface area contributed by atoms with Crippen molar-refractivity contribution in [1.82, 2.24) is 24.2 Å². The van der Waals surface area contributed by atoms with Gasteiger partial charge in [0, 0.05) is 31.5 Å². The lowest BCUT2D eigenvalue weighted by Crippen LogP contribution is -2.39. The molecule has 2 aromatic heterocycles. The molecule has 1 aliphatic rings. The summed E-state index contributed by atoms with van der Waals surface area (Å²) in [4.78, 5) is 18.8. The summed E-state index contributed by atoms with van der Waals surface area (Å²) in [6.45, 7) is 2.91. The van der Waals surface area contributed by atoms with Gasteiger partial charge in [0.1, 0.15) is 0 Å². The highest BCUT2D eigenvalue weighted by Crippen LogP contribution is 2.31. The van der Waals surface area contributed by atoms with Gasteiger partial charge < -0.3 is 9.47 Å². The van der Waals surface area contributed by atoms with Gasteiger partial charge in [0.2, 0.25) is 0 Å². The fourth-order valence-corrected chi connectivity index (χ4v) is 3.72. The number of carbonyl (C=O) groups is 1. The number of hydrogen-bond acceptors (Lipinski definition) is 3. The van der Waals surface area contributed by atoms with Crippen LogP contribution in [-0.2, 0) is 6.18 Å².